The predicted molar refractivity (Wildman–Crippen MR) is 101 cm³/mol. The van der Waals surface area contributed by atoms with Crippen LogP contribution in [0.3, 0.4) is 0 Å². The van der Waals surface area contributed by atoms with Gasteiger partial charge in [-0.2, -0.15) is 5.10 Å². The van der Waals surface area contributed by atoms with Gasteiger partial charge in [0.15, 0.2) is 0 Å². The molecule has 3 aromatic rings. The minimum atomic E-state index is -0.282. The summed E-state index contributed by atoms with van der Waals surface area (Å²) in [7, 11) is 0. The number of carbonyl (C=O) groups is 1. The van der Waals surface area contributed by atoms with Crippen LogP contribution in [0.25, 0.3) is 5.69 Å². The van der Waals surface area contributed by atoms with Crippen LogP contribution in [0.4, 0.5) is 0 Å². The Morgan fingerprint density at radius 3 is 2.59 bits per heavy atom. The third-order valence-corrected chi connectivity index (χ3v) is 4.84. The zero-order valence-corrected chi connectivity index (χ0v) is 15.0. The molecule has 7 heteroatoms. The predicted octanol–water partition coefficient (Wildman–Crippen LogP) is 2.12. The monoisotopic (exact) mass is 362 g/mol. The molecule has 2 aromatic heterocycles. The molecule has 0 saturated carbocycles. The molecule has 7 nitrogen and oxygen atoms in total. The first-order valence-electron chi connectivity index (χ1n) is 9.17. The summed E-state index contributed by atoms with van der Waals surface area (Å²) >= 11 is 0. The van der Waals surface area contributed by atoms with Crippen molar-refractivity contribution in [3.63, 3.8) is 0 Å². The smallest absolute Gasteiger partial charge is 0.242 e. The molecular formula is C20H22N6O. The van der Waals surface area contributed by atoms with Crippen molar-refractivity contribution in [3.05, 3.63) is 72.6 Å². The summed E-state index contributed by atoms with van der Waals surface area (Å²) < 4.78 is 1.70. The summed E-state index contributed by atoms with van der Waals surface area (Å²) in [6, 6.07) is 11.5. The number of likely N-dealkylation sites (tertiary alicyclic amines) is 1. The summed E-state index contributed by atoms with van der Waals surface area (Å²) in [4.78, 5) is 23.3. The molecular weight excluding hydrogens is 340 g/mol. The second-order valence-corrected chi connectivity index (χ2v) is 6.66. The van der Waals surface area contributed by atoms with Gasteiger partial charge in [0.2, 0.25) is 5.91 Å². The standard InChI is InChI=1S/C20H22N6O/c27-20(19(25-10-1-2-11-25)17-4-3-9-21-13-17)23-12-16-5-7-18(8-6-16)26-15-22-14-24-26/h3-9,13-15,19H,1-2,10-12H2,(H,23,27)/t19-/m0/s1. The number of hydrogen-bond donors (Lipinski definition) is 1. The maximum atomic E-state index is 13.0. The van der Waals surface area contributed by atoms with Crippen molar-refractivity contribution in [2.45, 2.75) is 25.4 Å². The minimum Gasteiger partial charge on any atom is -0.350 e. The highest BCUT2D eigenvalue weighted by molar-refractivity contribution is 5.83. The van der Waals surface area contributed by atoms with Crippen LogP contribution in [-0.2, 0) is 11.3 Å². The zero-order valence-electron chi connectivity index (χ0n) is 15.0. The maximum absolute atomic E-state index is 13.0. The molecule has 1 aliphatic heterocycles. The van der Waals surface area contributed by atoms with Gasteiger partial charge in [-0.15, -0.1) is 0 Å². The first-order chi connectivity index (χ1) is 13.3. The highest BCUT2D eigenvalue weighted by Gasteiger charge is 2.29. The number of carbonyl (C=O) groups excluding carboxylic acids is 1. The van der Waals surface area contributed by atoms with Crippen LogP contribution in [-0.4, -0.2) is 43.6 Å². The van der Waals surface area contributed by atoms with Gasteiger partial charge in [-0.3, -0.25) is 14.7 Å². The number of rotatable bonds is 6. The zero-order chi connectivity index (χ0) is 18.5. The average molecular weight is 362 g/mol. The van der Waals surface area contributed by atoms with Crippen molar-refractivity contribution in [1.29, 1.82) is 0 Å². The molecule has 1 saturated heterocycles. The molecule has 3 heterocycles. The van der Waals surface area contributed by atoms with Gasteiger partial charge in [0, 0.05) is 18.9 Å². The van der Waals surface area contributed by atoms with Crippen molar-refractivity contribution in [1.82, 2.24) is 30.0 Å². The van der Waals surface area contributed by atoms with Crippen molar-refractivity contribution >= 4 is 5.91 Å². The Morgan fingerprint density at radius 2 is 1.93 bits per heavy atom. The number of pyridine rings is 1. The van der Waals surface area contributed by atoms with Crippen molar-refractivity contribution < 1.29 is 4.79 Å². The molecule has 0 aliphatic carbocycles. The van der Waals surface area contributed by atoms with Crippen LogP contribution in [0.2, 0.25) is 0 Å². The van der Waals surface area contributed by atoms with Crippen molar-refractivity contribution in [2.24, 2.45) is 0 Å². The van der Waals surface area contributed by atoms with E-state index in [1.54, 1.807) is 23.4 Å². The van der Waals surface area contributed by atoms with Gasteiger partial charge < -0.3 is 5.32 Å². The van der Waals surface area contributed by atoms with E-state index in [9.17, 15) is 4.79 Å². The largest absolute Gasteiger partial charge is 0.350 e. The second-order valence-electron chi connectivity index (χ2n) is 6.66. The molecule has 1 N–H and O–H groups in total. The Bertz CT molecular complexity index is 857. The first-order valence-corrected chi connectivity index (χ1v) is 9.17. The number of benzene rings is 1. The summed E-state index contributed by atoms with van der Waals surface area (Å²) in [6.45, 7) is 2.38. The Morgan fingerprint density at radius 1 is 1.11 bits per heavy atom. The lowest BCUT2D eigenvalue weighted by molar-refractivity contribution is -0.126. The number of amides is 1. The molecule has 0 unspecified atom stereocenters. The summed E-state index contributed by atoms with van der Waals surface area (Å²) in [5.74, 6) is 0.0188. The molecule has 1 fully saturated rings. The quantitative estimate of drug-likeness (QED) is 0.727. The Labute approximate surface area is 158 Å². The van der Waals surface area contributed by atoms with Crippen LogP contribution in [0.1, 0.15) is 30.0 Å². The molecule has 27 heavy (non-hydrogen) atoms. The Hall–Kier alpha value is -3.06. The fourth-order valence-corrected chi connectivity index (χ4v) is 3.46. The summed E-state index contributed by atoms with van der Waals surface area (Å²) in [6.07, 6.45) is 8.95. The Balaban J connectivity index is 1.43. The molecule has 0 radical (unpaired) electrons. The summed E-state index contributed by atoms with van der Waals surface area (Å²) in [5.41, 5.74) is 2.92. The Kier molecular flexibility index (Phi) is 5.20. The molecule has 1 aromatic carbocycles. The third-order valence-electron chi connectivity index (χ3n) is 4.84. The van der Waals surface area contributed by atoms with Crippen LogP contribution in [0.5, 0.6) is 0 Å². The van der Waals surface area contributed by atoms with Gasteiger partial charge in [0.05, 0.1) is 5.69 Å². The normalized spacial score (nSPS) is 15.6. The topological polar surface area (TPSA) is 75.9 Å². The van der Waals surface area contributed by atoms with E-state index in [0.29, 0.717) is 6.54 Å². The van der Waals surface area contributed by atoms with Crippen LogP contribution >= 0.6 is 0 Å². The van der Waals surface area contributed by atoms with E-state index in [0.717, 1.165) is 42.7 Å². The van der Waals surface area contributed by atoms with E-state index in [1.165, 1.54) is 6.33 Å². The molecule has 4 rings (SSSR count). The summed E-state index contributed by atoms with van der Waals surface area (Å²) in [5, 5.41) is 7.20. The fraction of sp³-hybridized carbons (Fsp3) is 0.300. The SMILES string of the molecule is O=C(NCc1ccc(-n2cncn2)cc1)[C@H](c1cccnc1)N1CCCC1. The highest BCUT2D eigenvalue weighted by Crippen LogP contribution is 2.25. The van der Waals surface area contributed by atoms with Gasteiger partial charge in [-0.05, 0) is 55.3 Å². The number of nitrogens with one attached hydrogen (secondary N) is 1. The second kappa shape index (κ2) is 8.09. The van der Waals surface area contributed by atoms with E-state index < -0.39 is 0 Å². The molecule has 1 aliphatic rings. The van der Waals surface area contributed by atoms with Gasteiger partial charge in [-0.1, -0.05) is 18.2 Å². The fourth-order valence-electron chi connectivity index (χ4n) is 3.46. The van der Waals surface area contributed by atoms with Crippen molar-refractivity contribution in [3.8, 4) is 5.69 Å². The molecule has 0 bridgehead atoms. The van der Waals surface area contributed by atoms with E-state index in [1.807, 2.05) is 36.4 Å². The van der Waals surface area contributed by atoms with Gasteiger partial charge in [0.1, 0.15) is 18.7 Å². The first kappa shape index (κ1) is 17.4. The highest BCUT2D eigenvalue weighted by atomic mass is 16.2. The lowest BCUT2D eigenvalue weighted by Crippen LogP contribution is -2.39. The van der Waals surface area contributed by atoms with Crippen molar-refractivity contribution in [2.75, 3.05) is 13.1 Å². The van der Waals surface area contributed by atoms with Gasteiger partial charge in [-0.25, -0.2) is 9.67 Å². The third kappa shape index (κ3) is 4.03. The molecule has 0 spiro atoms. The number of nitrogens with zero attached hydrogens (tertiary/aromatic N) is 5. The van der Waals surface area contributed by atoms with Crippen LogP contribution < -0.4 is 5.32 Å². The van der Waals surface area contributed by atoms with Gasteiger partial charge >= 0.3 is 0 Å². The van der Waals surface area contributed by atoms with Crippen LogP contribution in [0.15, 0.2) is 61.4 Å². The van der Waals surface area contributed by atoms with E-state index >= 15 is 0 Å². The lowest BCUT2D eigenvalue weighted by Gasteiger charge is -2.26. The average Bonchev–Trinajstić information content (AvgIpc) is 3.42. The number of hydrogen-bond acceptors (Lipinski definition) is 5. The van der Waals surface area contributed by atoms with E-state index in [-0.39, 0.29) is 11.9 Å². The van der Waals surface area contributed by atoms with Gasteiger partial charge in [0.25, 0.3) is 0 Å². The number of aromatic nitrogens is 4. The van der Waals surface area contributed by atoms with E-state index in [2.05, 4.69) is 25.3 Å². The molecule has 1 atom stereocenters. The lowest BCUT2D eigenvalue weighted by atomic mass is 10.1. The van der Waals surface area contributed by atoms with Crippen LogP contribution in [0, 0.1) is 0 Å². The minimum absolute atomic E-state index is 0.0188. The molecule has 1 amide bonds. The maximum Gasteiger partial charge on any atom is 0.242 e. The molecule has 138 valence electrons. The van der Waals surface area contributed by atoms with E-state index in [4.69, 9.17) is 0 Å².